The van der Waals surface area contributed by atoms with E-state index >= 15 is 0 Å². The maximum absolute atomic E-state index is 8.56. The van der Waals surface area contributed by atoms with Crippen LogP contribution in [0.4, 0.5) is 4.79 Å². The maximum atomic E-state index is 8.56. The molecule has 0 bridgehead atoms. The molecular weight excluding hydrogens is 159 g/mol. The van der Waals surface area contributed by atoms with Gasteiger partial charge in [-0.05, 0) is 0 Å². The van der Waals surface area contributed by atoms with Gasteiger partial charge in [-0.25, -0.2) is 4.79 Å². The molecule has 0 spiro atoms. The first kappa shape index (κ1) is 23.2. The number of carboxylic acid groups (broad SMARTS) is 2. The molecule has 0 unspecified atom stereocenters. The molecule has 0 saturated carbocycles. The number of hydrogen-bond donors (Lipinski definition) is 2. The molecule has 0 aliphatic carbocycles. The third kappa shape index (κ3) is 80.0. The second-order valence-corrected chi connectivity index (χ2v) is 0.283. The van der Waals surface area contributed by atoms with E-state index in [9.17, 15) is 0 Å². The fraction of sp³-hybridized carbons (Fsp3) is 0. The van der Waals surface area contributed by atoms with E-state index in [1.807, 2.05) is 0 Å². The van der Waals surface area contributed by atoms with Crippen LogP contribution in [-0.2, 0) is 0 Å². The topological polar surface area (TPSA) is 57.5 Å². The monoisotopic (exact) mass is 164 g/mol. The SMILES string of the molecule is Cl.O=C(O)O.[Ca+2].[H-].[H-].[H-].[Na+]. The van der Waals surface area contributed by atoms with E-state index in [4.69, 9.17) is 15.0 Å². The third-order valence-corrected chi connectivity index (χ3v) is 0. The summed E-state index contributed by atoms with van der Waals surface area (Å²) in [7, 11) is 0. The fourth-order valence-electron chi connectivity index (χ4n) is 0. The molecule has 0 aliphatic heterocycles. The van der Waals surface area contributed by atoms with Gasteiger partial charge in [0.15, 0.2) is 0 Å². The predicted molar refractivity (Wildman–Crippen MR) is 27.0 cm³/mol. The molecule has 0 rings (SSSR count). The number of carbonyl (C=O) groups is 1. The summed E-state index contributed by atoms with van der Waals surface area (Å²) in [5.41, 5.74) is 0. The Kier molecular flexibility index (Phi) is 51.9. The summed E-state index contributed by atoms with van der Waals surface area (Å²) in [5, 5.41) is 13.9. The molecule has 0 aliphatic rings. The van der Waals surface area contributed by atoms with Crippen molar-refractivity contribution in [3.63, 3.8) is 0 Å². The molecule has 6 heteroatoms. The second-order valence-electron chi connectivity index (χ2n) is 0.283. The molecular formula is CH6CaClNaO3. The predicted octanol–water partition coefficient (Wildman–Crippen LogP) is -2.40. The summed E-state index contributed by atoms with van der Waals surface area (Å²) >= 11 is 0. The van der Waals surface area contributed by atoms with Crippen LogP contribution in [0.15, 0.2) is 0 Å². The minimum Gasteiger partial charge on any atom is -1.00 e. The largest absolute Gasteiger partial charge is 2.00 e. The average molecular weight is 165 g/mol. The van der Waals surface area contributed by atoms with Crippen molar-refractivity contribution in [1.29, 1.82) is 0 Å². The Labute approximate surface area is 104 Å². The minimum absolute atomic E-state index is 0. The van der Waals surface area contributed by atoms with Crippen LogP contribution >= 0.6 is 12.4 Å². The van der Waals surface area contributed by atoms with Crippen LogP contribution in [0.3, 0.4) is 0 Å². The summed E-state index contributed by atoms with van der Waals surface area (Å²) in [6, 6.07) is 0. The summed E-state index contributed by atoms with van der Waals surface area (Å²) in [6.45, 7) is 0. The van der Waals surface area contributed by atoms with Crippen LogP contribution in [0, 0.1) is 0 Å². The zero-order chi connectivity index (χ0) is 3.58. The Hall–Kier alpha value is 1.82. The molecule has 3 nitrogen and oxygen atoms in total. The maximum Gasteiger partial charge on any atom is 2.00 e. The molecule has 0 heterocycles. The molecule has 0 amide bonds. The van der Waals surface area contributed by atoms with Gasteiger partial charge in [-0.3, -0.25) is 0 Å². The van der Waals surface area contributed by atoms with E-state index < -0.39 is 6.16 Å². The Morgan fingerprint density at radius 2 is 1.43 bits per heavy atom. The van der Waals surface area contributed by atoms with Crippen molar-refractivity contribution in [2.75, 3.05) is 0 Å². The van der Waals surface area contributed by atoms with Crippen molar-refractivity contribution in [1.82, 2.24) is 0 Å². The van der Waals surface area contributed by atoms with Crippen molar-refractivity contribution in [3.05, 3.63) is 0 Å². The zero-order valence-corrected chi connectivity index (χ0v) is 8.94. The Morgan fingerprint density at radius 3 is 1.43 bits per heavy atom. The van der Waals surface area contributed by atoms with Gasteiger partial charge in [-0.2, -0.15) is 0 Å². The van der Waals surface area contributed by atoms with Gasteiger partial charge in [0.05, 0.1) is 0 Å². The van der Waals surface area contributed by atoms with Crippen LogP contribution < -0.4 is 29.6 Å². The molecule has 0 fully saturated rings. The van der Waals surface area contributed by atoms with Crippen LogP contribution in [0.2, 0.25) is 0 Å². The van der Waals surface area contributed by atoms with Crippen LogP contribution in [0.1, 0.15) is 4.28 Å². The van der Waals surface area contributed by atoms with Gasteiger partial charge in [0.2, 0.25) is 0 Å². The average Bonchev–Trinajstić information content (AvgIpc) is 0.811. The molecule has 0 aromatic rings. The van der Waals surface area contributed by atoms with Gasteiger partial charge < -0.3 is 14.5 Å². The first-order chi connectivity index (χ1) is 1.73. The Bertz CT molecular complexity index is 46.7. The standard InChI is InChI=1S/CH2O3.Ca.ClH.Na.3H/c2-1(3)4;;;;;;/h(H2,2,3,4);;1H;;;;/q;+2;;+1;3*-1. The van der Waals surface area contributed by atoms with E-state index in [-0.39, 0.29) is 84.0 Å². The molecule has 0 saturated heterocycles. The Morgan fingerprint density at radius 1 is 1.43 bits per heavy atom. The van der Waals surface area contributed by atoms with Gasteiger partial charge in [-0.1, -0.05) is 0 Å². The van der Waals surface area contributed by atoms with Crippen LogP contribution in [0.5, 0.6) is 0 Å². The second kappa shape index (κ2) is 15.7. The van der Waals surface area contributed by atoms with Crippen molar-refractivity contribution >= 4 is 56.3 Å². The van der Waals surface area contributed by atoms with Crippen molar-refractivity contribution in [2.45, 2.75) is 0 Å². The van der Waals surface area contributed by atoms with Crippen LogP contribution in [-0.4, -0.2) is 54.1 Å². The zero-order valence-electron chi connectivity index (χ0n) is 6.92. The normalized spacial score (nSPS) is 3.43. The first-order valence-corrected chi connectivity index (χ1v) is 0.651. The van der Waals surface area contributed by atoms with Gasteiger partial charge in [0.1, 0.15) is 0 Å². The first-order valence-electron chi connectivity index (χ1n) is 0.651. The number of hydrogen-bond acceptors (Lipinski definition) is 1. The smallest absolute Gasteiger partial charge is 1.00 e. The Balaban J connectivity index is -0.00000000300. The van der Waals surface area contributed by atoms with Gasteiger partial charge in [0.25, 0.3) is 0 Å². The molecule has 38 valence electrons. The third-order valence-electron chi connectivity index (χ3n) is 0. The summed E-state index contributed by atoms with van der Waals surface area (Å²) < 4.78 is 0. The van der Waals surface area contributed by atoms with E-state index in [2.05, 4.69) is 0 Å². The molecule has 0 radical (unpaired) electrons. The number of rotatable bonds is 0. The van der Waals surface area contributed by atoms with Crippen molar-refractivity contribution < 1.29 is 48.8 Å². The molecule has 7 heavy (non-hydrogen) atoms. The summed E-state index contributed by atoms with van der Waals surface area (Å²) in [6.07, 6.45) is -1.83. The molecule has 0 aromatic carbocycles. The quantitative estimate of drug-likeness (QED) is 0.393. The molecule has 2 N–H and O–H groups in total. The van der Waals surface area contributed by atoms with E-state index in [1.54, 1.807) is 0 Å². The van der Waals surface area contributed by atoms with E-state index in [0.717, 1.165) is 0 Å². The van der Waals surface area contributed by atoms with Gasteiger partial charge in [0, 0.05) is 0 Å². The molecule has 0 atom stereocenters. The minimum atomic E-state index is -1.83. The summed E-state index contributed by atoms with van der Waals surface area (Å²) in [4.78, 5) is 8.56. The van der Waals surface area contributed by atoms with Gasteiger partial charge >= 0.3 is 73.5 Å². The van der Waals surface area contributed by atoms with Crippen molar-refractivity contribution in [3.8, 4) is 0 Å². The summed E-state index contributed by atoms with van der Waals surface area (Å²) in [5.74, 6) is 0. The fourth-order valence-corrected chi connectivity index (χ4v) is 0. The van der Waals surface area contributed by atoms with Crippen LogP contribution in [0.25, 0.3) is 0 Å². The van der Waals surface area contributed by atoms with E-state index in [0.29, 0.717) is 0 Å². The van der Waals surface area contributed by atoms with Crippen molar-refractivity contribution in [2.24, 2.45) is 0 Å². The van der Waals surface area contributed by atoms with E-state index in [1.165, 1.54) is 0 Å². The molecule has 0 aromatic heterocycles. The number of halogens is 1. The van der Waals surface area contributed by atoms with Gasteiger partial charge in [-0.15, -0.1) is 12.4 Å².